The van der Waals surface area contributed by atoms with Crippen molar-refractivity contribution in [2.45, 2.75) is 70.9 Å². The highest BCUT2D eigenvalue weighted by Gasteiger charge is 2.70. The van der Waals surface area contributed by atoms with Gasteiger partial charge in [-0.25, -0.2) is 0 Å². The van der Waals surface area contributed by atoms with E-state index in [1.54, 1.807) is 0 Å². The van der Waals surface area contributed by atoms with Crippen molar-refractivity contribution in [2.24, 2.45) is 28.9 Å². The summed E-state index contributed by atoms with van der Waals surface area (Å²) in [5.41, 5.74) is 5.59. The molecule has 1 saturated heterocycles. The lowest BCUT2D eigenvalue weighted by Gasteiger charge is -2.65. The lowest BCUT2D eigenvalue weighted by atomic mass is 9.46. The number of carbonyl (C=O) groups is 1. The van der Waals surface area contributed by atoms with Gasteiger partial charge in [0.2, 0.25) is 5.91 Å². The van der Waals surface area contributed by atoms with Crippen molar-refractivity contribution < 1.29 is 9.53 Å². The zero-order valence-electron chi connectivity index (χ0n) is 14.8. The molecule has 5 heteroatoms. The van der Waals surface area contributed by atoms with Crippen LogP contribution in [0.1, 0.15) is 59.3 Å². The minimum atomic E-state index is -0.766. The summed E-state index contributed by atoms with van der Waals surface area (Å²) in [4.78, 5) is 12.9. The topological polar surface area (TPSA) is 64.4 Å². The minimum Gasteiger partial charge on any atom is -0.377 e. The van der Waals surface area contributed by atoms with Gasteiger partial charge in [-0.05, 0) is 37.5 Å². The van der Waals surface area contributed by atoms with Crippen LogP contribution < -0.4 is 11.1 Å². The second-order valence-corrected chi connectivity index (χ2v) is 8.48. The second kappa shape index (κ2) is 6.89. The summed E-state index contributed by atoms with van der Waals surface area (Å²) in [6.07, 6.45) is 7.27. The van der Waals surface area contributed by atoms with Crippen LogP contribution in [0.5, 0.6) is 0 Å². The monoisotopic (exact) mass is 344 g/mol. The zero-order valence-corrected chi connectivity index (χ0v) is 15.6. The van der Waals surface area contributed by atoms with Crippen LogP contribution in [-0.2, 0) is 9.53 Å². The maximum absolute atomic E-state index is 12.9. The Balaban J connectivity index is 0.00000192. The van der Waals surface area contributed by atoms with Gasteiger partial charge < -0.3 is 15.8 Å². The van der Waals surface area contributed by atoms with Crippen LogP contribution in [0.4, 0.5) is 0 Å². The first-order valence-corrected chi connectivity index (χ1v) is 9.06. The number of fused-ring (bicyclic) bond motifs is 1. The molecule has 0 radical (unpaired) electrons. The smallest absolute Gasteiger partial charge is 0.241 e. The molecule has 1 aliphatic heterocycles. The number of nitrogens with one attached hydrogen (secondary N) is 1. The van der Waals surface area contributed by atoms with E-state index in [9.17, 15) is 4.79 Å². The summed E-state index contributed by atoms with van der Waals surface area (Å²) in [5, 5.41) is 3.18. The highest BCUT2D eigenvalue weighted by molar-refractivity contribution is 5.89. The van der Waals surface area contributed by atoms with Crippen LogP contribution in [0, 0.1) is 23.2 Å². The largest absolute Gasteiger partial charge is 0.377 e. The molecule has 3 N–H and O–H groups in total. The van der Waals surface area contributed by atoms with Gasteiger partial charge in [0.25, 0.3) is 0 Å². The summed E-state index contributed by atoms with van der Waals surface area (Å²) in [6, 6.07) is 0. The maximum atomic E-state index is 12.9. The fourth-order valence-corrected chi connectivity index (χ4v) is 5.17. The fraction of sp³-hybridized carbons (Fsp3) is 0.944. The van der Waals surface area contributed by atoms with Crippen LogP contribution in [0.2, 0.25) is 0 Å². The SMILES string of the molecule is CC1CCCC(CNC(=O)C2(N)C3CCCOC3C2(C)C)C1.Cl. The molecule has 4 nitrogen and oxygen atoms in total. The Morgan fingerprint density at radius 1 is 1.26 bits per heavy atom. The fourth-order valence-electron chi connectivity index (χ4n) is 5.17. The third kappa shape index (κ3) is 3.03. The molecule has 1 heterocycles. The molecular formula is C18H33ClN2O2. The molecule has 0 aromatic carbocycles. The Hall–Kier alpha value is -0.320. The Bertz CT molecular complexity index is 443. The molecule has 0 spiro atoms. The number of rotatable bonds is 3. The van der Waals surface area contributed by atoms with E-state index in [1.165, 1.54) is 25.7 Å². The quantitative estimate of drug-likeness (QED) is 0.827. The Kier molecular flexibility index (Phi) is 5.70. The normalized spacial score (nSPS) is 41.9. The van der Waals surface area contributed by atoms with E-state index in [0.29, 0.717) is 5.92 Å². The summed E-state index contributed by atoms with van der Waals surface area (Å²) in [7, 11) is 0. The van der Waals surface area contributed by atoms with Crippen molar-refractivity contribution in [3.05, 3.63) is 0 Å². The molecule has 0 bridgehead atoms. The maximum Gasteiger partial charge on any atom is 0.241 e. The number of carbonyl (C=O) groups excluding carboxylic acids is 1. The van der Waals surface area contributed by atoms with Crippen LogP contribution in [0.15, 0.2) is 0 Å². The third-order valence-electron chi connectivity index (χ3n) is 6.66. The molecule has 0 aromatic heterocycles. The second-order valence-electron chi connectivity index (χ2n) is 8.48. The average Bonchev–Trinajstić information content (AvgIpc) is 2.51. The molecule has 23 heavy (non-hydrogen) atoms. The van der Waals surface area contributed by atoms with E-state index in [2.05, 4.69) is 26.1 Å². The number of amides is 1. The lowest BCUT2D eigenvalue weighted by Crippen LogP contribution is -2.82. The van der Waals surface area contributed by atoms with Gasteiger partial charge in [0.05, 0.1) is 6.10 Å². The van der Waals surface area contributed by atoms with E-state index >= 15 is 0 Å². The summed E-state index contributed by atoms with van der Waals surface area (Å²) >= 11 is 0. The first-order valence-electron chi connectivity index (χ1n) is 9.06. The first-order chi connectivity index (χ1) is 10.4. The zero-order chi connectivity index (χ0) is 16.0. The molecule has 5 unspecified atom stereocenters. The highest BCUT2D eigenvalue weighted by Crippen LogP contribution is 2.57. The first kappa shape index (κ1) is 19.0. The third-order valence-corrected chi connectivity index (χ3v) is 6.66. The van der Waals surface area contributed by atoms with Gasteiger partial charge in [-0.2, -0.15) is 0 Å². The van der Waals surface area contributed by atoms with Crippen molar-refractivity contribution in [2.75, 3.05) is 13.2 Å². The highest BCUT2D eigenvalue weighted by atomic mass is 35.5. The van der Waals surface area contributed by atoms with Crippen molar-refractivity contribution in [3.63, 3.8) is 0 Å². The van der Waals surface area contributed by atoms with E-state index in [4.69, 9.17) is 10.5 Å². The van der Waals surface area contributed by atoms with Crippen molar-refractivity contribution >= 4 is 18.3 Å². The predicted octanol–water partition coefficient (Wildman–Crippen LogP) is 2.88. The molecule has 134 valence electrons. The van der Waals surface area contributed by atoms with Gasteiger partial charge >= 0.3 is 0 Å². The van der Waals surface area contributed by atoms with E-state index < -0.39 is 5.54 Å². The molecule has 1 amide bonds. The van der Waals surface area contributed by atoms with Crippen LogP contribution in [-0.4, -0.2) is 30.7 Å². The standard InChI is InChI=1S/C18H32N2O2.ClH/c1-12-6-4-7-13(10-12)11-20-16(21)18(19)14-8-5-9-22-15(14)17(18,2)3;/h12-15H,4-11,19H2,1-3H3,(H,20,21);1H. The van der Waals surface area contributed by atoms with Gasteiger partial charge in [-0.3, -0.25) is 4.79 Å². The van der Waals surface area contributed by atoms with Crippen LogP contribution in [0.3, 0.4) is 0 Å². The molecule has 0 aromatic rings. The Labute approximate surface area is 146 Å². The van der Waals surface area contributed by atoms with E-state index in [-0.39, 0.29) is 35.8 Å². The van der Waals surface area contributed by atoms with Crippen molar-refractivity contribution in [1.82, 2.24) is 5.32 Å². The molecule has 5 atom stereocenters. The number of halogens is 1. The molecule has 2 aliphatic carbocycles. The Morgan fingerprint density at radius 2 is 2.00 bits per heavy atom. The number of hydrogen-bond donors (Lipinski definition) is 2. The number of nitrogens with two attached hydrogens (primary N) is 1. The van der Waals surface area contributed by atoms with Crippen LogP contribution >= 0.6 is 12.4 Å². The lowest BCUT2D eigenvalue weighted by molar-refractivity contribution is -0.225. The van der Waals surface area contributed by atoms with E-state index in [1.807, 2.05) is 0 Å². The predicted molar refractivity (Wildman–Crippen MR) is 94.5 cm³/mol. The summed E-state index contributed by atoms with van der Waals surface area (Å²) < 4.78 is 5.89. The molecule has 3 aliphatic rings. The minimum absolute atomic E-state index is 0. The molecular weight excluding hydrogens is 312 g/mol. The molecule has 3 fully saturated rings. The van der Waals surface area contributed by atoms with Crippen molar-refractivity contribution in [3.8, 4) is 0 Å². The van der Waals surface area contributed by atoms with Gasteiger partial charge in [-0.15, -0.1) is 12.4 Å². The Morgan fingerprint density at radius 3 is 2.70 bits per heavy atom. The van der Waals surface area contributed by atoms with Crippen LogP contribution in [0.25, 0.3) is 0 Å². The molecule has 3 rings (SSSR count). The van der Waals surface area contributed by atoms with Gasteiger partial charge in [0.1, 0.15) is 5.54 Å². The van der Waals surface area contributed by atoms with Gasteiger partial charge in [0.15, 0.2) is 0 Å². The van der Waals surface area contributed by atoms with Crippen molar-refractivity contribution in [1.29, 1.82) is 0 Å². The number of hydrogen-bond acceptors (Lipinski definition) is 3. The summed E-state index contributed by atoms with van der Waals surface area (Å²) in [6.45, 7) is 8.08. The molecule has 2 saturated carbocycles. The van der Waals surface area contributed by atoms with Gasteiger partial charge in [-0.1, -0.05) is 33.6 Å². The number of ether oxygens (including phenoxy) is 1. The van der Waals surface area contributed by atoms with E-state index in [0.717, 1.165) is 31.9 Å². The average molecular weight is 345 g/mol. The van der Waals surface area contributed by atoms with Gasteiger partial charge in [0, 0.05) is 24.5 Å². The summed E-state index contributed by atoms with van der Waals surface area (Å²) in [5.74, 6) is 1.64.